The number of halogens is 1. The molecule has 1 heterocycles. The van der Waals surface area contributed by atoms with Gasteiger partial charge in [0.1, 0.15) is 5.52 Å². The van der Waals surface area contributed by atoms with E-state index in [0.717, 1.165) is 13.1 Å². The van der Waals surface area contributed by atoms with Crippen molar-refractivity contribution in [1.82, 2.24) is 25.6 Å². The van der Waals surface area contributed by atoms with Crippen LogP contribution in [-0.2, 0) is 11.3 Å². The van der Waals surface area contributed by atoms with Crippen LogP contribution in [0.1, 0.15) is 13.3 Å². The number of hydrogen-bond acceptors (Lipinski definition) is 5. The zero-order valence-electron chi connectivity index (χ0n) is 12.4. The van der Waals surface area contributed by atoms with Gasteiger partial charge in [0.05, 0.1) is 11.9 Å². The number of hydrogen-bond donors (Lipinski definition) is 2. The molecule has 8 heteroatoms. The van der Waals surface area contributed by atoms with Crippen molar-refractivity contribution in [3.8, 4) is 0 Å². The number of nitrogens with one attached hydrogen (secondary N) is 2. The second-order valence-corrected chi connectivity index (χ2v) is 4.59. The fraction of sp³-hybridized carbons (Fsp3) is 0.429. The van der Waals surface area contributed by atoms with Crippen LogP contribution in [0, 0.1) is 0 Å². The van der Waals surface area contributed by atoms with Gasteiger partial charge in [-0.05, 0) is 18.7 Å². The lowest BCUT2D eigenvalue weighted by atomic mass is 10.2. The molecule has 2 rings (SSSR count). The molecule has 0 bridgehead atoms. The van der Waals surface area contributed by atoms with E-state index in [-0.39, 0.29) is 36.8 Å². The third-order valence-electron chi connectivity index (χ3n) is 3.05. The lowest BCUT2D eigenvalue weighted by molar-refractivity contribution is -0.121. The van der Waals surface area contributed by atoms with Crippen LogP contribution < -0.4 is 16.2 Å². The van der Waals surface area contributed by atoms with Crippen LogP contribution >= 0.6 is 12.4 Å². The van der Waals surface area contributed by atoms with E-state index in [1.54, 1.807) is 24.3 Å². The summed E-state index contributed by atoms with van der Waals surface area (Å²) in [6.07, 6.45) is 0.207. The van der Waals surface area contributed by atoms with Crippen molar-refractivity contribution in [2.45, 2.75) is 19.9 Å². The van der Waals surface area contributed by atoms with Crippen molar-refractivity contribution in [3.63, 3.8) is 0 Å². The van der Waals surface area contributed by atoms with Gasteiger partial charge in [-0.25, -0.2) is 4.68 Å². The van der Waals surface area contributed by atoms with Crippen LogP contribution in [0.3, 0.4) is 0 Å². The first kappa shape index (κ1) is 18.1. The number of fused-ring (bicyclic) bond motifs is 1. The smallest absolute Gasteiger partial charge is 0.277 e. The average Bonchev–Trinajstić information content (AvgIpc) is 2.51. The molecule has 0 spiro atoms. The van der Waals surface area contributed by atoms with E-state index >= 15 is 0 Å². The number of aryl methyl sites for hydroxylation is 1. The van der Waals surface area contributed by atoms with Crippen molar-refractivity contribution in [2.75, 3.05) is 19.6 Å². The molecule has 0 aliphatic rings. The maximum Gasteiger partial charge on any atom is 0.277 e. The second-order valence-electron chi connectivity index (χ2n) is 4.59. The van der Waals surface area contributed by atoms with Crippen LogP contribution in [0.25, 0.3) is 10.9 Å². The Balaban J connectivity index is 0.00000242. The lowest BCUT2D eigenvalue weighted by Crippen LogP contribution is -2.33. The molecular formula is C14H20ClN5O2. The molecule has 1 aromatic heterocycles. The summed E-state index contributed by atoms with van der Waals surface area (Å²) in [5.41, 5.74) is 0.342. The lowest BCUT2D eigenvalue weighted by Gasteiger charge is -2.06. The Hall–Kier alpha value is -1.99. The third kappa shape index (κ3) is 4.78. The molecule has 120 valence electrons. The second kappa shape index (κ2) is 9.11. The molecule has 2 aromatic rings. The molecule has 0 aliphatic carbocycles. The fourth-order valence-corrected chi connectivity index (χ4v) is 1.93. The highest BCUT2D eigenvalue weighted by Crippen LogP contribution is 2.03. The van der Waals surface area contributed by atoms with E-state index in [0.29, 0.717) is 17.4 Å². The molecule has 0 saturated heterocycles. The minimum Gasteiger partial charge on any atom is -0.355 e. The van der Waals surface area contributed by atoms with E-state index < -0.39 is 0 Å². The van der Waals surface area contributed by atoms with Crippen molar-refractivity contribution in [3.05, 3.63) is 34.6 Å². The summed E-state index contributed by atoms with van der Waals surface area (Å²) in [5, 5.41) is 14.2. The molecule has 1 amide bonds. The molecule has 7 nitrogen and oxygen atoms in total. The van der Waals surface area contributed by atoms with Gasteiger partial charge in [0.2, 0.25) is 5.91 Å². The van der Waals surface area contributed by atoms with Gasteiger partial charge in [-0.2, -0.15) is 0 Å². The van der Waals surface area contributed by atoms with Gasteiger partial charge in [-0.15, -0.1) is 17.5 Å². The van der Waals surface area contributed by atoms with E-state index in [1.165, 1.54) is 4.68 Å². The van der Waals surface area contributed by atoms with E-state index in [9.17, 15) is 9.59 Å². The van der Waals surface area contributed by atoms with E-state index in [4.69, 9.17) is 0 Å². The van der Waals surface area contributed by atoms with Crippen LogP contribution in [0.5, 0.6) is 0 Å². The van der Waals surface area contributed by atoms with Crippen molar-refractivity contribution in [2.24, 2.45) is 0 Å². The molecule has 2 N–H and O–H groups in total. The molecule has 22 heavy (non-hydrogen) atoms. The Morgan fingerprint density at radius 3 is 2.82 bits per heavy atom. The highest BCUT2D eigenvalue weighted by Gasteiger charge is 2.07. The standard InChI is InChI=1S/C14H19N5O2.ClH/c1-2-15-8-9-16-13(20)7-10-19-14(21)11-5-3-4-6-12(11)17-18-19;/h3-6,15H,2,7-10H2,1H3,(H,16,20);1H. The quantitative estimate of drug-likeness (QED) is 0.716. The Morgan fingerprint density at radius 2 is 2.05 bits per heavy atom. The van der Waals surface area contributed by atoms with Gasteiger partial charge >= 0.3 is 0 Å². The predicted molar refractivity (Wildman–Crippen MR) is 87.2 cm³/mol. The van der Waals surface area contributed by atoms with Gasteiger partial charge in [-0.3, -0.25) is 9.59 Å². The maximum absolute atomic E-state index is 12.2. The number of likely N-dealkylation sites (N-methyl/N-ethyl adjacent to an activating group) is 1. The van der Waals surface area contributed by atoms with Crippen LogP contribution in [0.4, 0.5) is 0 Å². The number of nitrogens with zero attached hydrogens (tertiary/aromatic N) is 3. The Kier molecular flexibility index (Phi) is 7.48. The summed E-state index contributed by atoms with van der Waals surface area (Å²) >= 11 is 0. The van der Waals surface area contributed by atoms with Crippen LogP contribution in [-0.4, -0.2) is 40.5 Å². The monoisotopic (exact) mass is 325 g/mol. The Morgan fingerprint density at radius 1 is 1.27 bits per heavy atom. The van der Waals surface area contributed by atoms with Gasteiger partial charge in [-0.1, -0.05) is 24.3 Å². The third-order valence-corrected chi connectivity index (χ3v) is 3.05. The average molecular weight is 326 g/mol. The highest BCUT2D eigenvalue weighted by atomic mass is 35.5. The normalized spacial score (nSPS) is 10.2. The SMILES string of the molecule is CCNCCNC(=O)CCn1nnc2ccccc2c1=O.Cl. The minimum atomic E-state index is -0.221. The molecular weight excluding hydrogens is 306 g/mol. The van der Waals surface area contributed by atoms with Gasteiger partial charge in [0, 0.05) is 19.5 Å². The van der Waals surface area contributed by atoms with E-state index in [2.05, 4.69) is 20.9 Å². The van der Waals surface area contributed by atoms with Gasteiger partial charge < -0.3 is 10.6 Å². The number of benzene rings is 1. The van der Waals surface area contributed by atoms with Crippen molar-refractivity contribution in [1.29, 1.82) is 0 Å². The summed E-state index contributed by atoms with van der Waals surface area (Å²) < 4.78 is 1.23. The first-order valence-corrected chi connectivity index (χ1v) is 7.02. The molecule has 0 saturated carbocycles. The molecule has 0 radical (unpaired) electrons. The number of aromatic nitrogens is 3. The molecule has 0 fully saturated rings. The molecule has 1 aromatic carbocycles. The summed E-state index contributed by atoms with van der Waals surface area (Å²) in [7, 11) is 0. The molecule has 0 unspecified atom stereocenters. The number of carbonyl (C=O) groups is 1. The summed E-state index contributed by atoms with van der Waals surface area (Å²) in [6, 6.07) is 7.03. The molecule has 0 aliphatic heterocycles. The number of amides is 1. The Bertz CT molecular complexity index is 674. The summed E-state index contributed by atoms with van der Waals surface area (Å²) in [6.45, 7) is 4.41. The highest BCUT2D eigenvalue weighted by molar-refractivity contribution is 5.85. The van der Waals surface area contributed by atoms with Crippen molar-refractivity contribution < 1.29 is 4.79 Å². The maximum atomic E-state index is 12.2. The first-order chi connectivity index (χ1) is 10.2. The summed E-state index contributed by atoms with van der Waals surface area (Å²) in [4.78, 5) is 23.8. The predicted octanol–water partition coefficient (Wildman–Crippen LogP) is 0.329. The summed E-state index contributed by atoms with van der Waals surface area (Å²) in [5.74, 6) is -0.102. The zero-order valence-corrected chi connectivity index (χ0v) is 13.2. The minimum absolute atomic E-state index is 0. The van der Waals surface area contributed by atoms with Crippen molar-refractivity contribution >= 4 is 29.2 Å². The zero-order chi connectivity index (χ0) is 15.1. The number of rotatable bonds is 7. The van der Waals surface area contributed by atoms with Gasteiger partial charge in [0.25, 0.3) is 5.56 Å². The van der Waals surface area contributed by atoms with E-state index in [1.807, 2.05) is 6.92 Å². The fourth-order valence-electron chi connectivity index (χ4n) is 1.93. The molecule has 0 atom stereocenters. The topological polar surface area (TPSA) is 88.9 Å². The first-order valence-electron chi connectivity index (χ1n) is 7.02. The van der Waals surface area contributed by atoms with Crippen LogP contribution in [0.2, 0.25) is 0 Å². The number of carbonyl (C=O) groups excluding carboxylic acids is 1. The Labute approximate surface area is 134 Å². The van der Waals surface area contributed by atoms with Crippen LogP contribution in [0.15, 0.2) is 29.1 Å². The largest absolute Gasteiger partial charge is 0.355 e. The van der Waals surface area contributed by atoms with Gasteiger partial charge in [0.15, 0.2) is 0 Å².